The third-order valence-corrected chi connectivity index (χ3v) is 6.47. The molecule has 1 fully saturated rings. The van der Waals surface area contributed by atoms with E-state index < -0.39 is 34.1 Å². The van der Waals surface area contributed by atoms with Gasteiger partial charge in [-0.2, -0.15) is 0 Å². The monoisotopic (exact) mass is 453 g/mol. The Balaban J connectivity index is 2.16. The highest BCUT2D eigenvalue weighted by Gasteiger charge is 2.33. The van der Waals surface area contributed by atoms with Crippen molar-refractivity contribution in [2.45, 2.75) is 76.5 Å². The van der Waals surface area contributed by atoms with Gasteiger partial charge in [0.2, 0.25) is 21.8 Å². The Labute approximate surface area is 185 Å². The van der Waals surface area contributed by atoms with Crippen LogP contribution >= 0.6 is 0 Å². The van der Waals surface area contributed by atoms with Gasteiger partial charge in [-0.3, -0.25) is 9.59 Å². The number of sulfonamides is 1. The highest BCUT2D eigenvalue weighted by Crippen LogP contribution is 2.17. The Morgan fingerprint density at radius 1 is 1.23 bits per heavy atom. The summed E-state index contributed by atoms with van der Waals surface area (Å²) >= 11 is 0. The maximum absolute atomic E-state index is 13.1. The molecule has 2 atom stereocenters. The van der Waals surface area contributed by atoms with Crippen LogP contribution in [0.4, 0.5) is 0 Å². The molecule has 2 N–H and O–H groups in total. The van der Waals surface area contributed by atoms with Crippen molar-refractivity contribution in [2.75, 3.05) is 19.7 Å². The number of hydrogen-bond donors (Lipinski definition) is 2. The number of amides is 2. The third-order valence-electron chi connectivity index (χ3n) is 5.05. The number of nitrogens with one attached hydrogen (secondary N) is 2. The van der Waals surface area contributed by atoms with Crippen LogP contribution in [-0.2, 0) is 24.3 Å². The molecule has 2 rings (SSSR count). The van der Waals surface area contributed by atoms with E-state index in [1.807, 2.05) is 34.6 Å². The van der Waals surface area contributed by atoms with E-state index in [1.165, 1.54) is 17.0 Å². The first-order chi connectivity index (χ1) is 14.4. The van der Waals surface area contributed by atoms with E-state index in [0.29, 0.717) is 13.0 Å². The molecule has 2 amide bonds. The van der Waals surface area contributed by atoms with E-state index in [2.05, 4.69) is 10.0 Å². The second-order valence-electron chi connectivity index (χ2n) is 8.98. The summed E-state index contributed by atoms with van der Waals surface area (Å²) in [5.74, 6) is -0.718. The first kappa shape index (κ1) is 25.3. The summed E-state index contributed by atoms with van der Waals surface area (Å²) in [4.78, 5) is 27.5. The van der Waals surface area contributed by atoms with E-state index in [1.54, 1.807) is 12.1 Å². The average Bonchev–Trinajstić information content (AvgIpc) is 3.18. The van der Waals surface area contributed by atoms with Gasteiger partial charge in [0.1, 0.15) is 6.04 Å². The Kier molecular flexibility index (Phi) is 8.62. The number of rotatable bonds is 9. The van der Waals surface area contributed by atoms with Gasteiger partial charge in [0.05, 0.1) is 17.5 Å². The van der Waals surface area contributed by atoms with Crippen molar-refractivity contribution in [3.63, 3.8) is 0 Å². The van der Waals surface area contributed by atoms with Crippen LogP contribution in [0.15, 0.2) is 29.2 Å². The van der Waals surface area contributed by atoms with Crippen molar-refractivity contribution in [3.05, 3.63) is 29.8 Å². The van der Waals surface area contributed by atoms with Crippen molar-refractivity contribution in [1.29, 1.82) is 0 Å². The summed E-state index contributed by atoms with van der Waals surface area (Å²) in [7, 11) is -3.84. The van der Waals surface area contributed by atoms with Crippen LogP contribution in [0, 0.1) is 6.92 Å². The Morgan fingerprint density at radius 2 is 1.87 bits per heavy atom. The van der Waals surface area contributed by atoms with E-state index in [-0.39, 0.29) is 23.5 Å². The second kappa shape index (κ2) is 10.6. The zero-order valence-corrected chi connectivity index (χ0v) is 19.9. The number of aryl methyl sites for hydroxylation is 1. The standard InChI is InChI=1S/C22H35N3O5S/c1-6-19(21(27)24-22(3,4)5)25(15-17-8-7-13-30-17)20(26)14-23-31(28,29)18-11-9-16(2)10-12-18/h9-12,17,19,23H,6-8,13-15H2,1-5H3,(H,24,27). The normalized spacial score (nSPS) is 17.9. The fourth-order valence-corrected chi connectivity index (χ4v) is 4.44. The van der Waals surface area contributed by atoms with Crippen molar-refractivity contribution in [3.8, 4) is 0 Å². The maximum atomic E-state index is 13.1. The lowest BCUT2D eigenvalue weighted by atomic mass is 10.1. The number of carbonyl (C=O) groups excluding carboxylic acids is 2. The van der Waals surface area contributed by atoms with Gasteiger partial charge in [-0.15, -0.1) is 0 Å². The summed E-state index contributed by atoms with van der Waals surface area (Å²) in [5, 5.41) is 2.92. The lowest BCUT2D eigenvalue weighted by Crippen LogP contribution is -2.56. The molecule has 1 aromatic rings. The molecule has 2 unspecified atom stereocenters. The van der Waals surface area contributed by atoms with Crippen LogP contribution in [0.5, 0.6) is 0 Å². The zero-order chi connectivity index (χ0) is 23.2. The molecule has 0 radical (unpaired) electrons. The smallest absolute Gasteiger partial charge is 0.243 e. The number of ether oxygens (including phenoxy) is 1. The van der Waals surface area contributed by atoms with Crippen LogP contribution in [0.3, 0.4) is 0 Å². The summed E-state index contributed by atoms with van der Waals surface area (Å²) in [6.07, 6.45) is 1.95. The molecule has 8 nitrogen and oxygen atoms in total. The molecule has 1 heterocycles. The van der Waals surface area contributed by atoms with Crippen molar-refractivity contribution < 1.29 is 22.7 Å². The molecule has 1 aliphatic heterocycles. The van der Waals surface area contributed by atoms with Gasteiger partial charge in [0.15, 0.2) is 0 Å². The molecular formula is C22H35N3O5S. The number of nitrogens with zero attached hydrogens (tertiary/aromatic N) is 1. The van der Waals surface area contributed by atoms with Crippen molar-refractivity contribution >= 4 is 21.8 Å². The van der Waals surface area contributed by atoms with Crippen LogP contribution in [-0.4, -0.2) is 62.5 Å². The summed E-state index contributed by atoms with van der Waals surface area (Å²) in [6, 6.07) is 5.68. The Bertz CT molecular complexity index is 856. The Morgan fingerprint density at radius 3 is 2.39 bits per heavy atom. The minimum atomic E-state index is -3.84. The molecule has 174 valence electrons. The number of carbonyl (C=O) groups is 2. The minimum absolute atomic E-state index is 0.0918. The lowest BCUT2D eigenvalue weighted by Gasteiger charge is -2.34. The van der Waals surface area contributed by atoms with E-state index in [0.717, 1.165) is 18.4 Å². The van der Waals surface area contributed by atoms with Gasteiger partial charge in [0.25, 0.3) is 0 Å². The third kappa shape index (κ3) is 7.59. The van der Waals surface area contributed by atoms with Crippen LogP contribution < -0.4 is 10.0 Å². The topological polar surface area (TPSA) is 105 Å². The summed E-state index contributed by atoms with van der Waals surface area (Å²) < 4.78 is 33.2. The van der Waals surface area contributed by atoms with Gasteiger partial charge < -0.3 is 15.0 Å². The number of benzene rings is 1. The van der Waals surface area contributed by atoms with Gasteiger partial charge in [-0.1, -0.05) is 24.6 Å². The fraction of sp³-hybridized carbons (Fsp3) is 0.636. The SMILES string of the molecule is CCC(C(=O)NC(C)(C)C)N(CC1CCCO1)C(=O)CNS(=O)(=O)c1ccc(C)cc1. The molecule has 0 spiro atoms. The minimum Gasteiger partial charge on any atom is -0.376 e. The predicted octanol–water partition coefficient (Wildman–Crippen LogP) is 1.97. The molecule has 0 aromatic heterocycles. The van der Waals surface area contributed by atoms with Crippen molar-refractivity contribution in [2.24, 2.45) is 0 Å². The van der Waals surface area contributed by atoms with E-state index >= 15 is 0 Å². The first-order valence-electron chi connectivity index (χ1n) is 10.7. The molecule has 9 heteroatoms. The van der Waals surface area contributed by atoms with E-state index in [9.17, 15) is 18.0 Å². The number of hydrogen-bond acceptors (Lipinski definition) is 5. The lowest BCUT2D eigenvalue weighted by molar-refractivity contribution is -0.142. The quantitative estimate of drug-likeness (QED) is 0.595. The van der Waals surface area contributed by atoms with E-state index in [4.69, 9.17) is 4.74 Å². The van der Waals surface area contributed by atoms with Gasteiger partial charge in [-0.05, 0) is 59.1 Å². The highest BCUT2D eigenvalue weighted by molar-refractivity contribution is 7.89. The molecule has 0 bridgehead atoms. The van der Waals surface area contributed by atoms with Gasteiger partial charge >= 0.3 is 0 Å². The maximum Gasteiger partial charge on any atom is 0.243 e. The molecule has 31 heavy (non-hydrogen) atoms. The van der Waals surface area contributed by atoms with Gasteiger partial charge in [0, 0.05) is 18.7 Å². The predicted molar refractivity (Wildman–Crippen MR) is 119 cm³/mol. The van der Waals surface area contributed by atoms with Gasteiger partial charge in [-0.25, -0.2) is 13.1 Å². The zero-order valence-electron chi connectivity index (χ0n) is 19.1. The largest absolute Gasteiger partial charge is 0.376 e. The molecule has 1 aliphatic rings. The summed E-state index contributed by atoms with van der Waals surface area (Å²) in [5.41, 5.74) is 0.490. The summed E-state index contributed by atoms with van der Waals surface area (Å²) in [6.45, 7) is 9.77. The molecule has 0 saturated carbocycles. The molecule has 1 saturated heterocycles. The average molecular weight is 454 g/mol. The fourth-order valence-electron chi connectivity index (χ4n) is 3.47. The van der Waals surface area contributed by atoms with Crippen LogP contribution in [0.1, 0.15) is 52.5 Å². The van der Waals surface area contributed by atoms with Crippen molar-refractivity contribution in [1.82, 2.24) is 14.9 Å². The first-order valence-corrected chi connectivity index (χ1v) is 12.2. The highest BCUT2D eigenvalue weighted by atomic mass is 32.2. The Hall–Kier alpha value is -1.97. The molecular weight excluding hydrogens is 418 g/mol. The molecule has 1 aromatic carbocycles. The van der Waals surface area contributed by atoms with Crippen LogP contribution in [0.25, 0.3) is 0 Å². The second-order valence-corrected chi connectivity index (χ2v) is 10.7. The molecule has 0 aliphatic carbocycles. The van der Waals surface area contributed by atoms with Crippen LogP contribution in [0.2, 0.25) is 0 Å².